The van der Waals surface area contributed by atoms with Crippen LogP contribution in [0.2, 0.25) is 0 Å². The average Bonchev–Trinajstić information content (AvgIpc) is 3.83. The zero-order valence-corrected chi connectivity index (χ0v) is 27.0. The second-order valence-corrected chi connectivity index (χ2v) is 14.3. The van der Waals surface area contributed by atoms with Crippen molar-refractivity contribution in [3.8, 4) is 11.1 Å². The molecule has 0 radical (unpaired) electrons. The van der Waals surface area contributed by atoms with Gasteiger partial charge in [0.25, 0.3) is 0 Å². The Morgan fingerprint density at radius 3 is 2.04 bits per heavy atom. The Bertz CT molecular complexity index is 2490. The smallest absolute Gasteiger partial charge is 0.103 e. The third-order valence-electron chi connectivity index (χ3n) is 9.47. The first-order valence-corrected chi connectivity index (χ1v) is 17.7. The topological polar surface area (TPSA) is 15.3 Å². The van der Waals surface area contributed by atoms with E-state index in [9.17, 15) is 0 Å². The predicted molar refractivity (Wildman–Crippen MR) is 204 cm³/mol. The lowest BCUT2D eigenvalue weighted by atomic mass is 9.99. The molecular weight excluding hydrogens is 609 g/mol. The van der Waals surface area contributed by atoms with Crippen LogP contribution in [-0.2, 0) is 0 Å². The van der Waals surface area contributed by atoms with E-state index in [0.29, 0.717) is 0 Å². The highest BCUT2D eigenvalue weighted by Gasteiger charge is 2.35. The van der Waals surface area contributed by atoms with E-state index in [-0.39, 0.29) is 5.37 Å². The maximum absolute atomic E-state index is 3.88. The molecule has 10 rings (SSSR count). The average molecular weight is 637 g/mol. The van der Waals surface area contributed by atoms with Crippen LogP contribution in [0.15, 0.2) is 158 Å². The second-order valence-electron chi connectivity index (χ2n) is 12.1. The highest BCUT2D eigenvalue weighted by Crippen LogP contribution is 2.57. The van der Waals surface area contributed by atoms with Gasteiger partial charge in [0.05, 0.1) is 17.1 Å². The molecular formula is C43H28N2S2. The number of anilines is 3. The Kier molecular flexibility index (Phi) is 6.08. The van der Waals surface area contributed by atoms with Gasteiger partial charge in [0.2, 0.25) is 0 Å². The summed E-state index contributed by atoms with van der Waals surface area (Å²) in [7, 11) is 0. The Labute approximate surface area is 281 Å². The lowest BCUT2D eigenvalue weighted by Gasteiger charge is -2.28. The fourth-order valence-electron chi connectivity index (χ4n) is 7.35. The molecule has 1 aliphatic carbocycles. The Morgan fingerprint density at radius 2 is 1.19 bits per heavy atom. The SMILES string of the molecule is c1ccc(-c2ccc(N(c3ccc4c5c(cccc35)C3=C4SC(c4ccccc4)N3)c3cccc4sc5ccccc5c34)cc2)cc1. The first-order valence-electron chi connectivity index (χ1n) is 16.0. The van der Waals surface area contributed by atoms with Crippen molar-refractivity contribution in [3.63, 3.8) is 0 Å². The molecule has 1 atom stereocenters. The highest BCUT2D eigenvalue weighted by molar-refractivity contribution is 8.09. The van der Waals surface area contributed by atoms with E-state index in [2.05, 4.69) is 168 Å². The van der Waals surface area contributed by atoms with Crippen LogP contribution >= 0.6 is 23.1 Å². The summed E-state index contributed by atoms with van der Waals surface area (Å²) >= 11 is 3.80. The van der Waals surface area contributed by atoms with Gasteiger partial charge >= 0.3 is 0 Å². The van der Waals surface area contributed by atoms with Crippen molar-refractivity contribution in [2.75, 3.05) is 4.90 Å². The van der Waals surface area contributed by atoms with Crippen LogP contribution in [0.3, 0.4) is 0 Å². The monoisotopic (exact) mass is 636 g/mol. The molecule has 8 aromatic rings. The van der Waals surface area contributed by atoms with Gasteiger partial charge in [-0.05, 0) is 58.7 Å². The summed E-state index contributed by atoms with van der Waals surface area (Å²) in [6.07, 6.45) is 0. The van der Waals surface area contributed by atoms with E-state index in [0.717, 1.165) is 5.69 Å². The molecule has 2 aliphatic rings. The summed E-state index contributed by atoms with van der Waals surface area (Å²) in [4.78, 5) is 3.83. The zero-order chi connectivity index (χ0) is 30.9. The molecule has 222 valence electrons. The van der Waals surface area contributed by atoms with Gasteiger partial charge in [-0.3, -0.25) is 0 Å². The van der Waals surface area contributed by atoms with E-state index in [1.807, 2.05) is 23.1 Å². The van der Waals surface area contributed by atoms with Crippen molar-refractivity contribution in [3.05, 3.63) is 174 Å². The maximum atomic E-state index is 3.88. The number of rotatable bonds is 5. The molecule has 1 aliphatic heterocycles. The molecule has 47 heavy (non-hydrogen) atoms. The van der Waals surface area contributed by atoms with E-state index in [1.165, 1.54) is 80.7 Å². The molecule has 2 heterocycles. The molecule has 0 amide bonds. The minimum atomic E-state index is 0.216. The van der Waals surface area contributed by atoms with Gasteiger partial charge in [0.1, 0.15) is 5.37 Å². The van der Waals surface area contributed by atoms with E-state index in [4.69, 9.17) is 0 Å². The molecule has 4 heteroatoms. The van der Waals surface area contributed by atoms with E-state index >= 15 is 0 Å². The van der Waals surface area contributed by atoms with Crippen molar-refractivity contribution in [2.24, 2.45) is 0 Å². The van der Waals surface area contributed by atoms with Crippen LogP contribution in [0, 0.1) is 0 Å². The van der Waals surface area contributed by atoms with Gasteiger partial charge in [0, 0.05) is 47.1 Å². The second kappa shape index (κ2) is 10.6. The number of fused-ring (bicyclic) bond motifs is 5. The highest BCUT2D eigenvalue weighted by atomic mass is 32.2. The quantitative estimate of drug-likeness (QED) is 0.202. The Balaban J connectivity index is 1.17. The first-order chi connectivity index (χ1) is 23.3. The number of hydrogen-bond donors (Lipinski definition) is 1. The number of nitrogens with one attached hydrogen (secondary N) is 1. The molecule has 0 saturated carbocycles. The van der Waals surface area contributed by atoms with Crippen molar-refractivity contribution in [1.82, 2.24) is 5.32 Å². The van der Waals surface area contributed by atoms with Gasteiger partial charge in [-0.25, -0.2) is 0 Å². The molecule has 1 N–H and O–H groups in total. The van der Waals surface area contributed by atoms with Crippen LogP contribution in [0.4, 0.5) is 17.1 Å². The summed E-state index contributed by atoms with van der Waals surface area (Å²) < 4.78 is 2.61. The lowest BCUT2D eigenvalue weighted by Crippen LogP contribution is -2.13. The number of hydrogen-bond acceptors (Lipinski definition) is 4. The molecule has 1 unspecified atom stereocenters. The standard InChI is InChI=1S/C43H28N2S2/c1-3-11-27(12-4-1)28-21-23-30(24-22-28)45(36-18-10-20-38-40(36)32-15-7-8-19-37(32)46-38)35-26-25-34-39-31(35)16-9-17-33(39)41-42(34)47-43(44-41)29-13-5-2-6-14-29/h1-26,43-44H. The fraction of sp³-hybridized carbons (Fsp3) is 0.0233. The zero-order valence-electron chi connectivity index (χ0n) is 25.4. The molecule has 2 nitrogen and oxygen atoms in total. The summed E-state index contributed by atoms with van der Waals surface area (Å²) in [5, 5.41) is 9.28. The van der Waals surface area contributed by atoms with Gasteiger partial charge in [-0.1, -0.05) is 133 Å². The van der Waals surface area contributed by atoms with Gasteiger partial charge in [0.15, 0.2) is 0 Å². The van der Waals surface area contributed by atoms with Crippen LogP contribution in [-0.4, -0.2) is 0 Å². The number of thiophene rings is 1. The first kappa shape index (κ1) is 26.9. The minimum absolute atomic E-state index is 0.216. The summed E-state index contributed by atoms with van der Waals surface area (Å²) in [5.41, 5.74) is 11.1. The predicted octanol–water partition coefficient (Wildman–Crippen LogP) is 12.5. The largest absolute Gasteiger partial charge is 0.368 e. The molecule has 0 fully saturated rings. The summed E-state index contributed by atoms with van der Waals surface area (Å²) in [6.45, 7) is 0. The van der Waals surface area contributed by atoms with Crippen molar-refractivity contribution < 1.29 is 0 Å². The van der Waals surface area contributed by atoms with E-state index in [1.54, 1.807) is 0 Å². The van der Waals surface area contributed by atoms with Gasteiger partial charge in [-0.2, -0.15) is 0 Å². The number of thioether (sulfide) groups is 1. The van der Waals surface area contributed by atoms with Crippen LogP contribution in [0.1, 0.15) is 22.1 Å². The summed E-state index contributed by atoms with van der Waals surface area (Å²) in [5.74, 6) is 0. The molecule has 0 spiro atoms. The Hall–Kier alpha value is -5.29. The van der Waals surface area contributed by atoms with E-state index < -0.39 is 0 Å². The normalized spacial score (nSPS) is 15.0. The number of benzene rings is 7. The van der Waals surface area contributed by atoms with Crippen LogP contribution in [0.5, 0.6) is 0 Å². The van der Waals surface area contributed by atoms with Crippen LogP contribution in [0.25, 0.3) is 52.7 Å². The van der Waals surface area contributed by atoms with Crippen molar-refractivity contribution in [2.45, 2.75) is 5.37 Å². The summed E-state index contributed by atoms with van der Waals surface area (Å²) in [6, 6.07) is 57.5. The third kappa shape index (κ3) is 4.19. The lowest BCUT2D eigenvalue weighted by molar-refractivity contribution is 0.882. The van der Waals surface area contributed by atoms with Gasteiger partial charge < -0.3 is 10.2 Å². The van der Waals surface area contributed by atoms with Crippen molar-refractivity contribution >= 4 is 81.7 Å². The van der Waals surface area contributed by atoms with Crippen LogP contribution < -0.4 is 10.2 Å². The maximum Gasteiger partial charge on any atom is 0.103 e. The molecule has 0 bridgehead atoms. The molecule has 1 aromatic heterocycles. The number of nitrogens with zero attached hydrogens (tertiary/aromatic N) is 1. The third-order valence-corrected chi connectivity index (χ3v) is 11.9. The Morgan fingerprint density at radius 1 is 0.489 bits per heavy atom. The fourth-order valence-corrected chi connectivity index (χ4v) is 9.76. The minimum Gasteiger partial charge on any atom is -0.368 e. The van der Waals surface area contributed by atoms with Crippen molar-refractivity contribution in [1.29, 1.82) is 0 Å². The van der Waals surface area contributed by atoms with Gasteiger partial charge in [-0.15, -0.1) is 11.3 Å². The molecule has 0 saturated heterocycles. The molecule has 7 aromatic carbocycles.